The molecule has 0 saturated carbocycles. The van der Waals surface area contributed by atoms with Crippen LogP contribution < -0.4 is 0 Å². The van der Waals surface area contributed by atoms with Gasteiger partial charge in [-0.1, -0.05) is 12.1 Å². The molecule has 1 aromatic rings. The van der Waals surface area contributed by atoms with Crippen LogP contribution in [0.1, 0.15) is 18.1 Å². The predicted molar refractivity (Wildman–Crippen MR) is 51.6 cm³/mol. The van der Waals surface area contributed by atoms with Gasteiger partial charge in [0, 0.05) is 15.7 Å². The minimum Gasteiger partial charge on any atom is -0.305 e. The van der Waals surface area contributed by atoms with Gasteiger partial charge >= 0.3 is 6.18 Å². The summed E-state index contributed by atoms with van der Waals surface area (Å²) in [5.41, 5.74) is -0.385. The highest BCUT2D eigenvalue weighted by Crippen LogP contribution is 2.36. The summed E-state index contributed by atoms with van der Waals surface area (Å²) in [7, 11) is 0. The Hall–Kier alpha value is -0.840. The van der Waals surface area contributed by atoms with E-state index in [2.05, 4.69) is 15.9 Å². The Balaban J connectivity index is 3.35. The molecule has 0 aromatic heterocycles. The van der Waals surface area contributed by atoms with E-state index in [1.54, 1.807) is 0 Å². The van der Waals surface area contributed by atoms with Gasteiger partial charge in [-0.25, -0.2) is 0 Å². The summed E-state index contributed by atoms with van der Waals surface area (Å²) in [5, 5.41) is 7.28. The molecular formula is C9H7BrF3N. The average molecular weight is 266 g/mol. The minimum absolute atomic E-state index is 0.0694. The fourth-order valence-corrected chi connectivity index (χ4v) is 1.83. The number of alkyl halides is 3. The van der Waals surface area contributed by atoms with E-state index in [0.717, 1.165) is 6.07 Å². The van der Waals surface area contributed by atoms with E-state index in [1.165, 1.54) is 19.1 Å². The lowest BCUT2D eigenvalue weighted by atomic mass is 10.1. The minimum atomic E-state index is -4.38. The van der Waals surface area contributed by atoms with Crippen LogP contribution in [0.5, 0.6) is 0 Å². The van der Waals surface area contributed by atoms with Gasteiger partial charge in [-0.2, -0.15) is 13.2 Å². The third kappa shape index (κ3) is 2.15. The second-order valence-electron chi connectivity index (χ2n) is 2.79. The van der Waals surface area contributed by atoms with E-state index >= 15 is 0 Å². The van der Waals surface area contributed by atoms with Crippen molar-refractivity contribution in [2.45, 2.75) is 13.1 Å². The van der Waals surface area contributed by atoms with Gasteiger partial charge in [0.05, 0.1) is 5.56 Å². The Labute approximate surface area is 87.6 Å². The van der Waals surface area contributed by atoms with E-state index in [4.69, 9.17) is 5.41 Å². The van der Waals surface area contributed by atoms with Gasteiger partial charge < -0.3 is 5.41 Å². The van der Waals surface area contributed by atoms with Gasteiger partial charge in [-0.15, -0.1) is 0 Å². The summed E-state index contributed by atoms with van der Waals surface area (Å²) in [6, 6.07) is 3.75. The van der Waals surface area contributed by atoms with Gasteiger partial charge in [0.2, 0.25) is 0 Å². The number of rotatable bonds is 1. The van der Waals surface area contributed by atoms with Crippen LogP contribution in [0, 0.1) is 5.41 Å². The predicted octanol–water partition coefficient (Wildman–Crippen LogP) is 3.86. The average Bonchev–Trinajstić information content (AvgIpc) is 2.01. The molecule has 1 rings (SSSR count). The first kappa shape index (κ1) is 11.2. The molecule has 0 bridgehead atoms. The van der Waals surface area contributed by atoms with Crippen molar-refractivity contribution in [2.75, 3.05) is 0 Å². The van der Waals surface area contributed by atoms with Crippen molar-refractivity contribution >= 4 is 21.6 Å². The first-order valence-corrected chi connectivity index (χ1v) is 4.54. The highest BCUT2D eigenvalue weighted by Gasteiger charge is 2.33. The molecule has 0 spiro atoms. The SMILES string of the molecule is CC(=N)c1cccc(C(F)(F)F)c1Br. The Morgan fingerprint density at radius 1 is 1.36 bits per heavy atom. The van der Waals surface area contributed by atoms with Crippen LogP contribution in [-0.4, -0.2) is 5.71 Å². The van der Waals surface area contributed by atoms with E-state index in [0.29, 0.717) is 0 Å². The van der Waals surface area contributed by atoms with Crippen molar-refractivity contribution in [3.05, 3.63) is 33.8 Å². The van der Waals surface area contributed by atoms with Gasteiger partial charge in [0.1, 0.15) is 0 Å². The summed E-state index contributed by atoms with van der Waals surface area (Å²) in [6.07, 6.45) is -4.38. The third-order valence-corrected chi connectivity index (χ3v) is 2.56. The molecule has 0 amide bonds. The molecule has 1 nitrogen and oxygen atoms in total. The lowest BCUT2D eigenvalue weighted by Gasteiger charge is -2.11. The second-order valence-corrected chi connectivity index (χ2v) is 3.58. The maximum absolute atomic E-state index is 12.4. The molecule has 0 aliphatic rings. The van der Waals surface area contributed by atoms with Crippen molar-refractivity contribution in [1.82, 2.24) is 0 Å². The van der Waals surface area contributed by atoms with Crippen molar-refractivity contribution in [3.8, 4) is 0 Å². The van der Waals surface area contributed by atoms with E-state index in [9.17, 15) is 13.2 Å². The molecule has 0 unspecified atom stereocenters. The standard InChI is InChI=1S/C9H7BrF3N/c1-5(14)6-3-2-4-7(8(6)10)9(11,12)13/h2-4,14H,1H3. The van der Waals surface area contributed by atoms with Gasteiger partial charge in [0.25, 0.3) is 0 Å². The maximum atomic E-state index is 12.4. The van der Waals surface area contributed by atoms with Crippen LogP contribution in [-0.2, 0) is 6.18 Å². The Bertz CT molecular complexity index is 371. The third-order valence-electron chi connectivity index (χ3n) is 1.71. The van der Waals surface area contributed by atoms with Gasteiger partial charge in [-0.3, -0.25) is 0 Å². The van der Waals surface area contributed by atoms with Crippen molar-refractivity contribution < 1.29 is 13.2 Å². The fourth-order valence-electron chi connectivity index (χ4n) is 1.04. The molecule has 0 heterocycles. The van der Waals surface area contributed by atoms with E-state index < -0.39 is 11.7 Å². The molecule has 0 atom stereocenters. The van der Waals surface area contributed by atoms with Crippen molar-refractivity contribution in [1.29, 1.82) is 5.41 Å². The molecule has 0 aliphatic carbocycles. The highest BCUT2D eigenvalue weighted by atomic mass is 79.9. The largest absolute Gasteiger partial charge is 0.417 e. The lowest BCUT2D eigenvalue weighted by Crippen LogP contribution is -2.08. The number of benzene rings is 1. The zero-order chi connectivity index (χ0) is 10.9. The fraction of sp³-hybridized carbons (Fsp3) is 0.222. The van der Waals surface area contributed by atoms with Crippen molar-refractivity contribution in [3.63, 3.8) is 0 Å². The smallest absolute Gasteiger partial charge is 0.305 e. The molecule has 14 heavy (non-hydrogen) atoms. The highest BCUT2D eigenvalue weighted by molar-refractivity contribution is 9.10. The summed E-state index contributed by atoms with van der Waals surface area (Å²) >= 11 is 2.86. The van der Waals surface area contributed by atoms with Crippen LogP contribution in [0.25, 0.3) is 0 Å². The molecule has 1 N–H and O–H groups in total. The molecular weight excluding hydrogens is 259 g/mol. The van der Waals surface area contributed by atoms with Crippen LogP contribution in [0.15, 0.2) is 22.7 Å². The van der Waals surface area contributed by atoms with Crippen LogP contribution in [0.3, 0.4) is 0 Å². The Morgan fingerprint density at radius 3 is 2.36 bits per heavy atom. The van der Waals surface area contributed by atoms with Gasteiger partial charge in [-0.05, 0) is 28.9 Å². The van der Waals surface area contributed by atoms with Crippen LogP contribution in [0.2, 0.25) is 0 Å². The van der Waals surface area contributed by atoms with E-state index in [1.807, 2.05) is 0 Å². The molecule has 0 saturated heterocycles. The summed E-state index contributed by atoms with van der Waals surface area (Å²) in [6.45, 7) is 1.44. The number of hydrogen-bond acceptors (Lipinski definition) is 1. The topological polar surface area (TPSA) is 23.9 Å². The summed E-state index contributed by atoms with van der Waals surface area (Å²) < 4.78 is 37.1. The maximum Gasteiger partial charge on any atom is 0.417 e. The number of nitrogens with one attached hydrogen (secondary N) is 1. The second kappa shape index (κ2) is 3.73. The quantitative estimate of drug-likeness (QED) is 0.746. The molecule has 1 aromatic carbocycles. The normalized spacial score (nSPS) is 11.5. The first-order valence-electron chi connectivity index (χ1n) is 3.75. The molecule has 76 valence electrons. The molecule has 5 heteroatoms. The lowest BCUT2D eigenvalue weighted by molar-refractivity contribution is -0.138. The molecule has 0 aliphatic heterocycles. The zero-order valence-electron chi connectivity index (χ0n) is 7.24. The number of halogens is 4. The first-order chi connectivity index (χ1) is 6.34. The van der Waals surface area contributed by atoms with Crippen LogP contribution >= 0.6 is 15.9 Å². The number of hydrogen-bond donors (Lipinski definition) is 1. The van der Waals surface area contributed by atoms with Gasteiger partial charge in [0.15, 0.2) is 0 Å². The summed E-state index contributed by atoms with van der Waals surface area (Å²) in [5.74, 6) is 0. The van der Waals surface area contributed by atoms with Crippen molar-refractivity contribution in [2.24, 2.45) is 0 Å². The molecule has 0 radical (unpaired) electrons. The Morgan fingerprint density at radius 2 is 1.93 bits per heavy atom. The Kier molecular flexibility index (Phi) is 2.99. The molecule has 0 fully saturated rings. The summed E-state index contributed by atoms with van der Waals surface area (Å²) in [4.78, 5) is 0. The monoisotopic (exact) mass is 265 g/mol. The van der Waals surface area contributed by atoms with E-state index in [-0.39, 0.29) is 15.7 Å². The zero-order valence-corrected chi connectivity index (χ0v) is 8.83. The van der Waals surface area contributed by atoms with Crippen LogP contribution in [0.4, 0.5) is 13.2 Å².